The van der Waals surface area contributed by atoms with Gasteiger partial charge in [-0.2, -0.15) is 5.10 Å². The first-order valence-corrected chi connectivity index (χ1v) is 8.60. The molecule has 2 aromatic heterocycles. The van der Waals surface area contributed by atoms with Gasteiger partial charge in [0, 0.05) is 22.0 Å². The van der Waals surface area contributed by atoms with E-state index in [2.05, 4.69) is 10.1 Å². The van der Waals surface area contributed by atoms with Gasteiger partial charge in [0.15, 0.2) is 0 Å². The molecular weight excluding hydrogens is 349 g/mol. The molecule has 2 heterocycles. The van der Waals surface area contributed by atoms with Crippen molar-refractivity contribution in [1.29, 1.82) is 0 Å². The Hall–Kier alpha value is -1.88. The van der Waals surface area contributed by atoms with Crippen LogP contribution >= 0.6 is 34.5 Å². The lowest BCUT2D eigenvalue weighted by Gasteiger charge is -1.97. The zero-order valence-corrected chi connectivity index (χ0v) is 14.2. The fourth-order valence-electron chi connectivity index (χ4n) is 2.35. The summed E-state index contributed by atoms with van der Waals surface area (Å²) in [5.74, 6) is 0. The second-order valence-corrected chi connectivity index (χ2v) is 7.07. The van der Waals surface area contributed by atoms with Gasteiger partial charge in [-0.25, -0.2) is 9.50 Å². The molecule has 4 rings (SSSR count). The average molecular weight is 360 g/mol. The Bertz CT molecular complexity index is 924. The zero-order chi connectivity index (χ0) is 15.8. The first kappa shape index (κ1) is 14.7. The highest BCUT2D eigenvalue weighted by Crippen LogP contribution is 2.24. The molecule has 3 nitrogen and oxygen atoms in total. The van der Waals surface area contributed by atoms with E-state index in [0.717, 1.165) is 37.7 Å². The third-order valence-corrected chi connectivity index (χ3v) is 4.92. The van der Waals surface area contributed by atoms with Crippen molar-refractivity contribution in [2.24, 2.45) is 0 Å². The van der Waals surface area contributed by atoms with Gasteiger partial charge >= 0.3 is 0 Å². The van der Waals surface area contributed by atoms with Crippen molar-refractivity contribution >= 4 is 39.5 Å². The number of nitrogens with zero attached hydrogens (tertiary/aromatic N) is 3. The second kappa shape index (κ2) is 5.96. The lowest BCUT2D eigenvalue weighted by atomic mass is 10.2. The van der Waals surface area contributed by atoms with Crippen molar-refractivity contribution in [3.8, 4) is 11.3 Å². The highest BCUT2D eigenvalue weighted by atomic mass is 35.5. The van der Waals surface area contributed by atoms with Gasteiger partial charge in [-0.3, -0.25) is 0 Å². The van der Waals surface area contributed by atoms with E-state index < -0.39 is 0 Å². The number of benzene rings is 2. The number of imidazole rings is 1. The molecule has 0 atom stereocenters. The van der Waals surface area contributed by atoms with Gasteiger partial charge in [0.1, 0.15) is 5.01 Å². The molecule has 0 aliphatic carbocycles. The molecule has 23 heavy (non-hydrogen) atoms. The van der Waals surface area contributed by atoms with Gasteiger partial charge in [-0.05, 0) is 29.8 Å². The molecule has 0 bridgehead atoms. The molecule has 0 N–H and O–H groups in total. The molecule has 114 valence electrons. The topological polar surface area (TPSA) is 30.2 Å². The van der Waals surface area contributed by atoms with Crippen LogP contribution < -0.4 is 0 Å². The van der Waals surface area contributed by atoms with Gasteiger partial charge in [0.2, 0.25) is 4.96 Å². The van der Waals surface area contributed by atoms with E-state index in [1.54, 1.807) is 11.3 Å². The van der Waals surface area contributed by atoms with Crippen molar-refractivity contribution in [2.45, 2.75) is 6.42 Å². The molecule has 0 fully saturated rings. The fourth-order valence-corrected chi connectivity index (χ4v) is 3.51. The second-order valence-electron chi connectivity index (χ2n) is 5.16. The predicted molar refractivity (Wildman–Crippen MR) is 95.6 cm³/mol. The molecule has 2 aromatic carbocycles. The van der Waals surface area contributed by atoms with E-state index >= 15 is 0 Å². The van der Waals surface area contributed by atoms with Crippen LogP contribution in [0.2, 0.25) is 10.0 Å². The minimum Gasteiger partial charge on any atom is -0.217 e. The van der Waals surface area contributed by atoms with E-state index in [0.29, 0.717) is 0 Å². The summed E-state index contributed by atoms with van der Waals surface area (Å²) in [6, 6.07) is 15.5. The number of rotatable bonds is 3. The summed E-state index contributed by atoms with van der Waals surface area (Å²) in [7, 11) is 0. The summed E-state index contributed by atoms with van der Waals surface area (Å²) < 4.78 is 1.83. The van der Waals surface area contributed by atoms with E-state index in [1.165, 1.54) is 5.56 Å². The van der Waals surface area contributed by atoms with Crippen LogP contribution in [0.4, 0.5) is 0 Å². The van der Waals surface area contributed by atoms with Crippen LogP contribution in [0.15, 0.2) is 54.7 Å². The summed E-state index contributed by atoms with van der Waals surface area (Å²) in [6.07, 6.45) is 2.72. The Balaban J connectivity index is 1.61. The molecule has 0 amide bonds. The fraction of sp³-hybridized carbons (Fsp3) is 0.0588. The largest absolute Gasteiger partial charge is 0.217 e. The van der Waals surface area contributed by atoms with Crippen LogP contribution in [0, 0.1) is 0 Å². The lowest BCUT2D eigenvalue weighted by Crippen LogP contribution is -1.89. The number of hydrogen-bond acceptors (Lipinski definition) is 3. The highest BCUT2D eigenvalue weighted by molar-refractivity contribution is 7.16. The maximum atomic E-state index is 5.92. The predicted octanol–water partition coefficient (Wildman–Crippen LogP) is 5.36. The van der Waals surface area contributed by atoms with E-state index in [1.807, 2.05) is 59.2 Å². The van der Waals surface area contributed by atoms with Gasteiger partial charge in [-0.15, -0.1) is 0 Å². The average Bonchev–Trinajstić information content (AvgIpc) is 3.09. The molecule has 0 saturated carbocycles. The van der Waals surface area contributed by atoms with Crippen molar-refractivity contribution in [1.82, 2.24) is 14.6 Å². The van der Waals surface area contributed by atoms with Crippen LogP contribution in [-0.2, 0) is 6.42 Å². The normalized spacial score (nSPS) is 11.2. The highest BCUT2D eigenvalue weighted by Gasteiger charge is 2.10. The van der Waals surface area contributed by atoms with Crippen molar-refractivity contribution in [3.63, 3.8) is 0 Å². The molecule has 6 heteroatoms. The minimum absolute atomic E-state index is 0.721. The van der Waals surface area contributed by atoms with E-state index in [4.69, 9.17) is 23.2 Å². The number of fused-ring (bicyclic) bond motifs is 1. The number of halogens is 2. The molecule has 0 unspecified atom stereocenters. The van der Waals surface area contributed by atoms with Gasteiger partial charge in [0.25, 0.3) is 0 Å². The molecule has 0 aliphatic heterocycles. The third kappa shape index (κ3) is 3.11. The summed E-state index contributed by atoms with van der Waals surface area (Å²) in [4.78, 5) is 5.53. The Morgan fingerprint density at radius 2 is 1.57 bits per heavy atom. The van der Waals surface area contributed by atoms with Crippen molar-refractivity contribution in [2.75, 3.05) is 0 Å². The Morgan fingerprint density at radius 3 is 2.22 bits per heavy atom. The van der Waals surface area contributed by atoms with Crippen molar-refractivity contribution in [3.05, 3.63) is 75.3 Å². The first-order valence-electron chi connectivity index (χ1n) is 7.03. The van der Waals surface area contributed by atoms with Gasteiger partial charge in [0.05, 0.1) is 11.9 Å². The molecule has 0 spiro atoms. The first-order chi connectivity index (χ1) is 11.2. The molecule has 0 saturated heterocycles. The summed E-state index contributed by atoms with van der Waals surface area (Å²) in [5, 5.41) is 7.10. The Morgan fingerprint density at radius 1 is 0.913 bits per heavy atom. The molecule has 4 aromatic rings. The van der Waals surface area contributed by atoms with Crippen LogP contribution in [0.1, 0.15) is 10.6 Å². The molecular formula is C17H11Cl2N3S. The maximum absolute atomic E-state index is 5.92. The van der Waals surface area contributed by atoms with E-state index in [9.17, 15) is 0 Å². The lowest BCUT2D eigenvalue weighted by molar-refractivity contribution is 0.922. The summed E-state index contributed by atoms with van der Waals surface area (Å²) >= 11 is 13.4. The smallest absolute Gasteiger partial charge is 0.212 e. The molecule has 0 radical (unpaired) electrons. The van der Waals surface area contributed by atoms with Crippen LogP contribution in [-0.4, -0.2) is 14.6 Å². The minimum atomic E-state index is 0.721. The van der Waals surface area contributed by atoms with Crippen molar-refractivity contribution < 1.29 is 0 Å². The standard InChI is InChI=1S/C17H11Cl2N3S/c18-13-5-1-11(2-6-13)9-16-21-22-10-15(20-17(22)23-16)12-3-7-14(19)8-4-12/h1-8,10H,9H2. The molecule has 0 aliphatic rings. The van der Waals surface area contributed by atoms with Crippen LogP contribution in [0.3, 0.4) is 0 Å². The quantitative estimate of drug-likeness (QED) is 0.493. The zero-order valence-electron chi connectivity index (χ0n) is 11.9. The van der Waals surface area contributed by atoms with Gasteiger partial charge < -0.3 is 0 Å². The SMILES string of the molecule is Clc1ccc(Cc2nn3cc(-c4ccc(Cl)cc4)nc3s2)cc1. The monoisotopic (exact) mass is 359 g/mol. The maximum Gasteiger partial charge on any atom is 0.212 e. The summed E-state index contributed by atoms with van der Waals surface area (Å²) in [6.45, 7) is 0. The Kier molecular flexibility index (Phi) is 3.81. The third-order valence-electron chi connectivity index (χ3n) is 3.49. The van der Waals surface area contributed by atoms with Crippen LogP contribution in [0.5, 0.6) is 0 Å². The van der Waals surface area contributed by atoms with E-state index in [-0.39, 0.29) is 0 Å². The number of hydrogen-bond donors (Lipinski definition) is 0. The summed E-state index contributed by atoms with van der Waals surface area (Å²) in [5.41, 5.74) is 3.12. The van der Waals surface area contributed by atoms with Crippen LogP contribution in [0.25, 0.3) is 16.2 Å². The number of aromatic nitrogens is 3. The Labute approximate surface area is 147 Å². The van der Waals surface area contributed by atoms with Gasteiger partial charge in [-0.1, -0.05) is 58.8 Å².